The SMILES string of the molecule is Cc1cnc(C(=O)NCCn2nc(-c3ccc(F)cc3)cc2-c2cccnc2)cn1. The van der Waals surface area contributed by atoms with E-state index in [4.69, 9.17) is 0 Å². The van der Waals surface area contributed by atoms with Crippen LogP contribution in [0.5, 0.6) is 0 Å². The highest BCUT2D eigenvalue weighted by molar-refractivity contribution is 5.91. The molecule has 0 aliphatic carbocycles. The Kier molecular flexibility index (Phi) is 5.56. The minimum Gasteiger partial charge on any atom is -0.349 e. The van der Waals surface area contributed by atoms with E-state index in [-0.39, 0.29) is 17.4 Å². The summed E-state index contributed by atoms with van der Waals surface area (Å²) in [7, 11) is 0. The van der Waals surface area contributed by atoms with E-state index >= 15 is 0 Å². The first-order valence-corrected chi connectivity index (χ1v) is 9.41. The molecule has 4 rings (SSSR count). The number of nitrogens with one attached hydrogen (secondary N) is 1. The smallest absolute Gasteiger partial charge is 0.271 e. The molecular weight excluding hydrogens is 383 g/mol. The van der Waals surface area contributed by atoms with Crippen molar-refractivity contribution in [3.8, 4) is 22.5 Å². The highest BCUT2D eigenvalue weighted by Crippen LogP contribution is 2.26. The molecule has 150 valence electrons. The first-order valence-electron chi connectivity index (χ1n) is 9.41. The van der Waals surface area contributed by atoms with Gasteiger partial charge in [0.2, 0.25) is 0 Å². The lowest BCUT2D eigenvalue weighted by atomic mass is 10.1. The summed E-state index contributed by atoms with van der Waals surface area (Å²) in [6.07, 6.45) is 6.46. The van der Waals surface area contributed by atoms with E-state index in [0.717, 1.165) is 22.5 Å². The van der Waals surface area contributed by atoms with Gasteiger partial charge < -0.3 is 5.32 Å². The molecular formula is C22H19FN6O. The monoisotopic (exact) mass is 402 g/mol. The van der Waals surface area contributed by atoms with Crippen LogP contribution in [0.4, 0.5) is 4.39 Å². The van der Waals surface area contributed by atoms with Gasteiger partial charge in [-0.25, -0.2) is 9.37 Å². The van der Waals surface area contributed by atoms with Crippen molar-refractivity contribution in [2.75, 3.05) is 6.54 Å². The molecule has 8 heteroatoms. The molecule has 0 unspecified atom stereocenters. The van der Waals surface area contributed by atoms with Gasteiger partial charge in [-0.3, -0.25) is 19.4 Å². The summed E-state index contributed by atoms with van der Waals surface area (Å²) >= 11 is 0. The van der Waals surface area contributed by atoms with E-state index in [9.17, 15) is 9.18 Å². The molecule has 0 radical (unpaired) electrons. The average molecular weight is 402 g/mol. The Morgan fingerprint density at radius 2 is 1.90 bits per heavy atom. The van der Waals surface area contributed by atoms with Crippen molar-refractivity contribution < 1.29 is 9.18 Å². The van der Waals surface area contributed by atoms with Gasteiger partial charge in [-0.15, -0.1) is 0 Å². The number of hydrogen-bond acceptors (Lipinski definition) is 5. The maximum absolute atomic E-state index is 13.3. The molecule has 3 heterocycles. The lowest BCUT2D eigenvalue weighted by molar-refractivity contribution is 0.0946. The Labute approximate surface area is 172 Å². The summed E-state index contributed by atoms with van der Waals surface area (Å²) in [6, 6.07) is 11.9. The summed E-state index contributed by atoms with van der Waals surface area (Å²) in [4.78, 5) is 24.6. The maximum Gasteiger partial charge on any atom is 0.271 e. The molecule has 0 aliphatic heterocycles. The van der Waals surface area contributed by atoms with E-state index in [1.165, 1.54) is 18.3 Å². The zero-order valence-electron chi connectivity index (χ0n) is 16.3. The van der Waals surface area contributed by atoms with Crippen molar-refractivity contribution in [2.45, 2.75) is 13.5 Å². The van der Waals surface area contributed by atoms with Crippen molar-refractivity contribution >= 4 is 5.91 Å². The molecule has 1 aromatic carbocycles. The van der Waals surface area contributed by atoms with Gasteiger partial charge in [-0.1, -0.05) is 0 Å². The van der Waals surface area contributed by atoms with E-state index in [1.54, 1.807) is 35.4 Å². The predicted octanol–water partition coefficient (Wildman–Crippen LogP) is 3.28. The number of pyridine rings is 1. The van der Waals surface area contributed by atoms with Crippen LogP contribution in [0.2, 0.25) is 0 Å². The molecule has 0 bridgehead atoms. The van der Waals surface area contributed by atoms with E-state index in [1.807, 2.05) is 25.1 Å². The molecule has 0 atom stereocenters. The van der Waals surface area contributed by atoms with Gasteiger partial charge in [-0.05, 0) is 49.4 Å². The van der Waals surface area contributed by atoms with Crippen molar-refractivity contribution in [1.82, 2.24) is 30.0 Å². The Bertz CT molecular complexity index is 1140. The first kappa shape index (κ1) is 19.4. The average Bonchev–Trinajstić information content (AvgIpc) is 3.19. The van der Waals surface area contributed by atoms with Crippen LogP contribution in [0, 0.1) is 12.7 Å². The molecule has 0 saturated heterocycles. The molecule has 30 heavy (non-hydrogen) atoms. The second-order valence-corrected chi connectivity index (χ2v) is 6.69. The second kappa shape index (κ2) is 8.60. The minimum atomic E-state index is -0.299. The summed E-state index contributed by atoms with van der Waals surface area (Å²) in [5.74, 6) is -0.594. The van der Waals surface area contributed by atoms with Crippen molar-refractivity contribution in [3.63, 3.8) is 0 Å². The van der Waals surface area contributed by atoms with Crippen LogP contribution in [0.1, 0.15) is 16.2 Å². The summed E-state index contributed by atoms with van der Waals surface area (Å²) in [5.41, 5.74) is 4.28. The van der Waals surface area contributed by atoms with E-state index < -0.39 is 0 Å². The number of aromatic nitrogens is 5. The Morgan fingerprint density at radius 3 is 2.60 bits per heavy atom. The third-order valence-corrected chi connectivity index (χ3v) is 4.50. The molecule has 1 N–H and O–H groups in total. The number of halogens is 1. The highest BCUT2D eigenvalue weighted by Gasteiger charge is 2.13. The van der Waals surface area contributed by atoms with Gasteiger partial charge in [0.25, 0.3) is 5.91 Å². The zero-order valence-corrected chi connectivity index (χ0v) is 16.3. The van der Waals surface area contributed by atoms with Crippen LogP contribution < -0.4 is 5.32 Å². The van der Waals surface area contributed by atoms with E-state index in [2.05, 4.69) is 25.4 Å². The normalized spacial score (nSPS) is 10.7. The van der Waals surface area contributed by atoms with Gasteiger partial charge >= 0.3 is 0 Å². The number of nitrogens with zero attached hydrogens (tertiary/aromatic N) is 5. The molecule has 0 aliphatic rings. The van der Waals surface area contributed by atoms with Crippen LogP contribution in [0.3, 0.4) is 0 Å². The number of aryl methyl sites for hydroxylation is 1. The summed E-state index contributed by atoms with van der Waals surface area (Å²) in [5, 5.41) is 7.49. The fourth-order valence-corrected chi connectivity index (χ4v) is 2.97. The van der Waals surface area contributed by atoms with Gasteiger partial charge in [0.15, 0.2) is 0 Å². The number of carbonyl (C=O) groups excluding carboxylic acids is 1. The first-order chi connectivity index (χ1) is 14.6. The number of benzene rings is 1. The lowest BCUT2D eigenvalue weighted by Gasteiger charge is -2.08. The van der Waals surface area contributed by atoms with Crippen molar-refractivity contribution in [2.24, 2.45) is 0 Å². The zero-order chi connectivity index (χ0) is 20.9. The Hall–Kier alpha value is -3.94. The molecule has 0 fully saturated rings. The number of rotatable bonds is 6. The van der Waals surface area contributed by atoms with Gasteiger partial charge in [-0.2, -0.15) is 5.10 Å². The van der Waals surface area contributed by atoms with Gasteiger partial charge in [0, 0.05) is 36.3 Å². The fraction of sp³-hybridized carbons (Fsp3) is 0.136. The second-order valence-electron chi connectivity index (χ2n) is 6.69. The third kappa shape index (κ3) is 4.38. The van der Waals surface area contributed by atoms with Crippen LogP contribution in [0.25, 0.3) is 22.5 Å². The maximum atomic E-state index is 13.3. The topological polar surface area (TPSA) is 85.6 Å². The number of hydrogen-bond donors (Lipinski definition) is 1. The fourth-order valence-electron chi connectivity index (χ4n) is 2.97. The number of amides is 1. The van der Waals surface area contributed by atoms with Crippen molar-refractivity contribution in [1.29, 1.82) is 0 Å². The van der Waals surface area contributed by atoms with Gasteiger partial charge in [0.05, 0.1) is 29.8 Å². The lowest BCUT2D eigenvalue weighted by Crippen LogP contribution is -2.28. The summed E-state index contributed by atoms with van der Waals surface area (Å²) < 4.78 is 15.1. The molecule has 0 saturated carbocycles. The molecule has 4 aromatic rings. The largest absolute Gasteiger partial charge is 0.349 e. The molecule has 7 nitrogen and oxygen atoms in total. The van der Waals surface area contributed by atoms with Crippen LogP contribution >= 0.6 is 0 Å². The van der Waals surface area contributed by atoms with Gasteiger partial charge in [0.1, 0.15) is 11.5 Å². The summed E-state index contributed by atoms with van der Waals surface area (Å²) in [6.45, 7) is 2.60. The third-order valence-electron chi connectivity index (χ3n) is 4.50. The Balaban J connectivity index is 1.54. The predicted molar refractivity (Wildman–Crippen MR) is 110 cm³/mol. The van der Waals surface area contributed by atoms with Crippen LogP contribution in [-0.4, -0.2) is 37.2 Å². The minimum absolute atomic E-state index is 0.264. The quantitative estimate of drug-likeness (QED) is 0.535. The van der Waals surface area contributed by atoms with E-state index in [0.29, 0.717) is 18.8 Å². The van der Waals surface area contributed by atoms with Crippen molar-refractivity contribution in [3.05, 3.63) is 84.5 Å². The number of carbonyl (C=O) groups is 1. The van der Waals surface area contributed by atoms with Crippen LogP contribution in [-0.2, 0) is 6.54 Å². The highest BCUT2D eigenvalue weighted by atomic mass is 19.1. The molecule has 0 spiro atoms. The molecule has 1 amide bonds. The standard InChI is InChI=1S/C22H19FN6O/c1-15-12-27-20(14-26-15)22(30)25-9-10-29-21(17-3-2-8-24-13-17)11-19(28-29)16-4-6-18(23)7-5-16/h2-8,11-14H,9-10H2,1H3,(H,25,30). The Morgan fingerprint density at radius 1 is 1.07 bits per heavy atom. The van der Waals surface area contributed by atoms with Crippen LogP contribution in [0.15, 0.2) is 67.3 Å². The molecule has 3 aromatic heterocycles.